The molecule has 17 heteroatoms. The van der Waals surface area contributed by atoms with Crippen molar-refractivity contribution in [3.05, 3.63) is 76.9 Å². The fourth-order valence-electron chi connectivity index (χ4n) is 5.58. The second kappa shape index (κ2) is 12.5. The summed E-state index contributed by atoms with van der Waals surface area (Å²) in [5.74, 6) is -12.5. The lowest BCUT2D eigenvalue weighted by atomic mass is 9.92. The van der Waals surface area contributed by atoms with Crippen molar-refractivity contribution in [1.29, 1.82) is 0 Å². The normalized spacial score (nSPS) is 21.8. The van der Waals surface area contributed by atoms with Crippen LogP contribution in [0.5, 0.6) is 51.7 Å². The highest BCUT2D eigenvalue weighted by atomic mass is 16.7. The van der Waals surface area contributed by atoms with Crippen LogP contribution in [0.3, 0.4) is 0 Å². The number of carbonyl (C=O) groups excluding carboxylic acids is 3. The molecule has 0 bridgehead atoms. The van der Waals surface area contributed by atoms with Gasteiger partial charge in [0.15, 0.2) is 29.1 Å². The molecule has 0 spiro atoms. The summed E-state index contributed by atoms with van der Waals surface area (Å²) in [5, 5.41) is 105. The predicted octanol–water partition coefficient (Wildman–Crippen LogP) is 1.45. The summed E-state index contributed by atoms with van der Waals surface area (Å²) in [6, 6.07) is 10.7. The Balaban J connectivity index is 1.36. The first-order valence-corrected chi connectivity index (χ1v) is 14.5. The van der Waals surface area contributed by atoms with Gasteiger partial charge in [-0.15, -0.1) is 0 Å². The van der Waals surface area contributed by atoms with Gasteiger partial charge < -0.3 is 70.0 Å². The average Bonchev–Trinajstić information content (AvgIpc) is 3.09. The number of esters is 2. The van der Waals surface area contributed by atoms with Crippen LogP contribution in [0.25, 0.3) is 11.1 Å². The summed E-state index contributed by atoms with van der Waals surface area (Å²) in [6.45, 7) is -0.887. The Labute approximate surface area is 279 Å². The number of hydrogen-bond donors (Lipinski definition) is 10. The Morgan fingerprint density at radius 2 is 1.22 bits per heavy atom. The highest BCUT2D eigenvalue weighted by molar-refractivity contribution is 6.12. The Hall–Kier alpha value is -6.43. The van der Waals surface area contributed by atoms with Gasteiger partial charge in [-0.2, -0.15) is 0 Å². The van der Waals surface area contributed by atoms with Gasteiger partial charge >= 0.3 is 11.9 Å². The van der Waals surface area contributed by atoms with Gasteiger partial charge in [0.2, 0.25) is 23.6 Å². The standard InChI is InChI=1S/C33H26O17/c34-15-6-12(7-16(35)22(15)23(38)11-4-2-1-3-5-11)48-33-29(44)28(43)30-19(49-33)10-47-31(45)13-8-17(36)24(39)26(41)20(13)21-14(32(46)50-30)9-18(37)25(40)27(21)42/h1-9,19,28-30,33-37,39-44H,10H2/t19-,28-,29-,30-,33+/m0/s1. The zero-order valence-electron chi connectivity index (χ0n) is 25.1. The number of aliphatic hydroxyl groups excluding tert-OH is 2. The van der Waals surface area contributed by atoms with Crippen LogP contribution in [0.1, 0.15) is 36.6 Å². The Bertz CT molecular complexity index is 2020. The third kappa shape index (κ3) is 5.60. The average molecular weight is 695 g/mol. The minimum atomic E-state index is -2.09. The van der Waals surface area contributed by atoms with Crippen molar-refractivity contribution in [2.45, 2.75) is 30.7 Å². The fourth-order valence-corrected chi connectivity index (χ4v) is 5.58. The summed E-state index contributed by atoms with van der Waals surface area (Å²) in [4.78, 5) is 39.8. The summed E-state index contributed by atoms with van der Waals surface area (Å²) >= 11 is 0. The number of benzene rings is 4. The van der Waals surface area contributed by atoms with Crippen LogP contribution in [-0.2, 0) is 14.2 Å². The molecule has 0 radical (unpaired) electrons. The third-order valence-corrected chi connectivity index (χ3v) is 8.05. The molecule has 2 aliphatic heterocycles. The van der Waals surface area contributed by atoms with Crippen molar-refractivity contribution >= 4 is 17.7 Å². The molecule has 0 aromatic heterocycles. The number of carbonyl (C=O) groups is 3. The SMILES string of the molecule is O=C1OC[C@@H]2O[C@@H](Oc3cc(O)c(C(=O)c4ccccc4)c(O)c3)[C@@H](O)[C@H](O)[C@H]2OC(=O)c2cc(O)c(O)c(O)c2-c2c1cc(O)c(O)c2O. The Morgan fingerprint density at radius 3 is 1.78 bits per heavy atom. The molecule has 1 saturated heterocycles. The van der Waals surface area contributed by atoms with E-state index in [1.54, 1.807) is 18.2 Å². The summed E-state index contributed by atoms with van der Waals surface area (Å²) < 4.78 is 21.9. The van der Waals surface area contributed by atoms with E-state index in [0.717, 1.165) is 12.1 Å². The molecule has 6 rings (SSSR count). The minimum absolute atomic E-state index is 0.151. The first-order valence-electron chi connectivity index (χ1n) is 14.5. The molecule has 260 valence electrons. The Morgan fingerprint density at radius 1 is 0.680 bits per heavy atom. The lowest BCUT2D eigenvalue weighted by Crippen LogP contribution is -2.61. The minimum Gasteiger partial charge on any atom is -0.507 e. The second-order valence-electron chi connectivity index (χ2n) is 11.2. The molecule has 17 nitrogen and oxygen atoms in total. The van der Waals surface area contributed by atoms with Gasteiger partial charge in [-0.05, 0) is 12.1 Å². The van der Waals surface area contributed by atoms with Crippen molar-refractivity contribution in [2.75, 3.05) is 6.61 Å². The molecule has 0 amide bonds. The lowest BCUT2D eigenvalue weighted by molar-refractivity contribution is -0.276. The van der Waals surface area contributed by atoms with E-state index in [1.165, 1.54) is 12.1 Å². The van der Waals surface area contributed by atoms with Crippen molar-refractivity contribution < 1.29 is 84.4 Å². The molecule has 4 aromatic carbocycles. The van der Waals surface area contributed by atoms with Crippen molar-refractivity contribution in [2.24, 2.45) is 0 Å². The largest absolute Gasteiger partial charge is 0.507 e. The van der Waals surface area contributed by atoms with E-state index in [1.807, 2.05) is 0 Å². The molecule has 50 heavy (non-hydrogen) atoms. The van der Waals surface area contributed by atoms with Crippen molar-refractivity contribution in [3.63, 3.8) is 0 Å². The highest BCUT2D eigenvalue weighted by Gasteiger charge is 2.49. The molecule has 0 aliphatic carbocycles. The number of cyclic esters (lactones) is 1. The van der Waals surface area contributed by atoms with Crippen LogP contribution in [0, 0.1) is 0 Å². The van der Waals surface area contributed by atoms with Crippen LogP contribution in [0.4, 0.5) is 0 Å². The van der Waals surface area contributed by atoms with Crippen molar-refractivity contribution in [3.8, 4) is 62.9 Å². The number of ether oxygens (including phenoxy) is 4. The molecule has 10 N–H and O–H groups in total. The molecule has 1 fully saturated rings. The first kappa shape index (κ1) is 33.5. The van der Waals surface area contributed by atoms with E-state index in [4.69, 9.17) is 18.9 Å². The smallest absolute Gasteiger partial charge is 0.339 e. The van der Waals surface area contributed by atoms with Crippen LogP contribution in [0.15, 0.2) is 54.6 Å². The van der Waals surface area contributed by atoms with E-state index >= 15 is 0 Å². The van der Waals surface area contributed by atoms with E-state index in [2.05, 4.69) is 0 Å². The lowest BCUT2D eigenvalue weighted by Gasteiger charge is -2.41. The highest BCUT2D eigenvalue weighted by Crippen LogP contribution is 2.53. The van der Waals surface area contributed by atoms with Crippen LogP contribution in [0.2, 0.25) is 0 Å². The molecule has 5 atom stereocenters. The summed E-state index contributed by atoms with van der Waals surface area (Å²) in [6.07, 6.45) is -9.58. The van der Waals surface area contributed by atoms with Gasteiger partial charge in [-0.25, -0.2) is 9.59 Å². The maximum atomic E-state index is 13.5. The summed E-state index contributed by atoms with van der Waals surface area (Å²) in [5.41, 5.74) is -3.64. The molecular formula is C33H26O17. The predicted molar refractivity (Wildman–Crippen MR) is 162 cm³/mol. The van der Waals surface area contributed by atoms with Crippen LogP contribution in [-0.4, -0.2) is 106 Å². The van der Waals surface area contributed by atoms with Crippen LogP contribution >= 0.6 is 0 Å². The van der Waals surface area contributed by atoms with Crippen LogP contribution < -0.4 is 4.74 Å². The van der Waals surface area contributed by atoms with Gasteiger partial charge in [-0.1, -0.05) is 30.3 Å². The maximum absolute atomic E-state index is 13.5. The third-order valence-electron chi connectivity index (χ3n) is 8.05. The first-order chi connectivity index (χ1) is 23.7. The quantitative estimate of drug-likeness (QED) is 0.0821. The van der Waals surface area contributed by atoms with Gasteiger partial charge in [0.25, 0.3) is 0 Å². The number of aliphatic hydroxyl groups is 2. The molecule has 0 saturated carbocycles. The number of ketones is 1. The molecule has 2 heterocycles. The zero-order valence-corrected chi connectivity index (χ0v) is 25.1. The number of rotatable bonds is 4. The van der Waals surface area contributed by atoms with Gasteiger partial charge in [0.05, 0.1) is 11.1 Å². The summed E-state index contributed by atoms with van der Waals surface area (Å²) in [7, 11) is 0. The van der Waals surface area contributed by atoms with E-state index in [0.29, 0.717) is 12.1 Å². The topological polar surface area (TPSA) is 290 Å². The van der Waals surface area contributed by atoms with E-state index in [-0.39, 0.29) is 11.3 Å². The monoisotopic (exact) mass is 694 g/mol. The number of phenolic OH excluding ortho intramolecular Hbond substituents is 8. The second-order valence-corrected chi connectivity index (χ2v) is 11.2. The van der Waals surface area contributed by atoms with E-state index < -0.39 is 129 Å². The van der Waals surface area contributed by atoms with E-state index in [9.17, 15) is 65.4 Å². The number of hydrogen-bond acceptors (Lipinski definition) is 17. The number of fused-ring (bicyclic) bond motifs is 4. The van der Waals surface area contributed by atoms with Gasteiger partial charge in [0.1, 0.15) is 47.7 Å². The fraction of sp³-hybridized carbons (Fsp3) is 0.182. The molecule has 4 aromatic rings. The molecule has 0 unspecified atom stereocenters. The van der Waals surface area contributed by atoms with Gasteiger partial charge in [-0.3, -0.25) is 4.79 Å². The molecular weight excluding hydrogens is 668 g/mol. The number of phenols is 8. The van der Waals surface area contributed by atoms with Gasteiger partial charge in [0, 0.05) is 28.8 Å². The van der Waals surface area contributed by atoms with Crippen molar-refractivity contribution in [1.82, 2.24) is 0 Å². The maximum Gasteiger partial charge on any atom is 0.339 e. The molecule has 2 aliphatic rings. The zero-order chi connectivity index (χ0) is 36.2. The number of aromatic hydroxyl groups is 8. The Kier molecular flexibility index (Phi) is 8.40.